The Morgan fingerprint density at radius 1 is 1.30 bits per heavy atom. The lowest BCUT2D eigenvalue weighted by atomic mass is 9.84. The number of hydrogen-bond donors (Lipinski definition) is 3. The molecule has 9 heteroatoms. The fourth-order valence-electron chi connectivity index (χ4n) is 3.30. The number of hydrogen-bond acceptors (Lipinski definition) is 4. The van der Waals surface area contributed by atoms with E-state index in [-0.39, 0.29) is 23.8 Å². The van der Waals surface area contributed by atoms with Gasteiger partial charge in [0.15, 0.2) is 0 Å². The number of aliphatic hydroxyl groups excluding tert-OH is 1. The van der Waals surface area contributed by atoms with Crippen molar-refractivity contribution in [3.05, 3.63) is 23.8 Å². The van der Waals surface area contributed by atoms with Crippen LogP contribution in [-0.2, 0) is 11.0 Å². The highest BCUT2D eigenvalue weighted by Gasteiger charge is 2.32. The van der Waals surface area contributed by atoms with Crippen LogP contribution in [0.4, 0.5) is 18.9 Å². The van der Waals surface area contributed by atoms with Crippen molar-refractivity contribution in [1.82, 2.24) is 0 Å². The van der Waals surface area contributed by atoms with Gasteiger partial charge in [-0.2, -0.15) is 13.2 Å². The first-order valence-electron chi connectivity index (χ1n) is 8.71. The third kappa shape index (κ3) is 6.86. The summed E-state index contributed by atoms with van der Waals surface area (Å²) in [4.78, 5) is 12.2. The molecule has 0 radical (unpaired) electrons. The predicted octanol–water partition coefficient (Wildman–Crippen LogP) is 3.73. The van der Waals surface area contributed by atoms with Crippen molar-refractivity contribution in [3.8, 4) is 5.75 Å². The highest BCUT2D eigenvalue weighted by Crippen LogP contribution is 2.34. The van der Waals surface area contributed by atoms with Crippen LogP contribution < -0.4 is 15.8 Å². The number of halogens is 4. The summed E-state index contributed by atoms with van der Waals surface area (Å²) in [6.45, 7) is 0. The zero-order valence-electron chi connectivity index (χ0n) is 15.1. The van der Waals surface area contributed by atoms with E-state index < -0.39 is 29.8 Å². The molecule has 1 aromatic carbocycles. The van der Waals surface area contributed by atoms with Crippen molar-refractivity contribution < 1.29 is 27.8 Å². The van der Waals surface area contributed by atoms with E-state index in [0.717, 1.165) is 37.8 Å². The summed E-state index contributed by atoms with van der Waals surface area (Å²) in [5.74, 6) is -0.499. The van der Waals surface area contributed by atoms with Gasteiger partial charge in [0.25, 0.3) is 5.91 Å². The Kier molecular flexibility index (Phi) is 8.84. The molecule has 0 aromatic heterocycles. The van der Waals surface area contributed by atoms with Crippen molar-refractivity contribution in [2.24, 2.45) is 11.7 Å². The molecule has 27 heavy (non-hydrogen) atoms. The Labute approximate surface area is 162 Å². The summed E-state index contributed by atoms with van der Waals surface area (Å²) >= 11 is 0. The van der Waals surface area contributed by atoms with Gasteiger partial charge >= 0.3 is 6.18 Å². The van der Waals surface area contributed by atoms with E-state index in [1.807, 2.05) is 0 Å². The molecule has 1 unspecified atom stereocenters. The summed E-state index contributed by atoms with van der Waals surface area (Å²) in [6, 6.07) is 2.12. The lowest BCUT2D eigenvalue weighted by molar-refractivity contribution is -0.137. The molecular weight excluding hydrogens is 385 g/mol. The molecule has 4 N–H and O–H groups in total. The van der Waals surface area contributed by atoms with Crippen LogP contribution in [0.15, 0.2) is 18.2 Å². The number of nitrogens with one attached hydrogen (secondary N) is 1. The van der Waals surface area contributed by atoms with E-state index >= 15 is 0 Å². The summed E-state index contributed by atoms with van der Waals surface area (Å²) < 4.78 is 43.6. The van der Waals surface area contributed by atoms with Crippen LogP contribution >= 0.6 is 12.4 Å². The smallest absolute Gasteiger partial charge is 0.416 e. The molecule has 0 saturated heterocycles. The topological polar surface area (TPSA) is 84.6 Å². The van der Waals surface area contributed by atoms with Crippen molar-refractivity contribution >= 4 is 24.0 Å². The number of aliphatic hydroxyl groups is 1. The van der Waals surface area contributed by atoms with Crippen LogP contribution in [0, 0.1) is 5.92 Å². The fraction of sp³-hybridized carbons (Fsp3) is 0.611. The molecule has 1 amide bonds. The number of benzene rings is 1. The van der Waals surface area contributed by atoms with Crippen LogP contribution in [0.5, 0.6) is 5.75 Å². The summed E-state index contributed by atoms with van der Waals surface area (Å²) in [5, 5.41) is 12.4. The van der Waals surface area contributed by atoms with Gasteiger partial charge in [0, 0.05) is 17.8 Å². The molecule has 1 saturated carbocycles. The van der Waals surface area contributed by atoms with E-state index in [9.17, 15) is 23.1 Å². The van der Waals surface area contributed by atoms with Gasteiger partial charge in [0.05, 0.1) is 12.7 Å². The molecule has 0 aliphatic heterocycles. The number of ether oxygens (including phenoxy) is 1. The number of carbonyl (C=O) groups excluding carboxylic acids is 1. The first kappa shape index (κ1) is 23.5. The maximum Gasteiger partial charge on any atom is 0.416 e. The van der Waals surface area contributed by atoms with Gasteiger partial charge in [-0.3, -0.25) is 4.79 Å². The van der Waals surface area contributed by atoms with E-state index in [2.05, 4.69) is 5.32 Å². The summed E-state index contributed by atoms with van der Waals surface area (Å²) in [6.07, 6.45) is -0.0958. The molecular formula is C18H26ClF3N2O3. The SMILES string of the molecule is COc1cc(NC(=O)C(O)[C@H](N)CC2CCCCC2)cc(C(F)(F)F)c1.Cl. The van der Waals surface area contributed by atoms with Gasteiger partial charge in [0.2, 0.25) is 0 Å². The van der Waals surface area contributed by atoms with Crippen LogP contribution in [0.3, 0.4) is 0 Å². The van der Waals surface area contributed by atoms with Gasteiger partial charge in [-0.25, -0.2) is 0 Å². The summed E-state index contributed by atoms with van der Waals surface area (Å²) in [5.41, 5.74) is 4.89. The van der Waals surface area contributed by atoms with Crippen molar-refractivity contribution in [3.63, 3.8) is 0 Å². The zero-order valence-corrected chi connectivity index (χ0v) is 15.9. The van der Waals surface area contributed by atoms with E-state index in [4.69, 9.17) is 10.5 Å². The Morgan fingerprint density at radius 2 is 1.93 bits per heavy atom. The molecule has 1 aromatic rings. The molecule has 0 heterocycles. The first-order valence-corrected chi connectivity index (χ1v) is 8.71. The maximum atomic E-state index is 12.9. The van der Waals surface area contributed by atoms with E-state index in [1.165, 1.54) is 19.6 Å². The van der Waals surface area contributed by atoms with Gasteiger partial charge in [-0.1, -0.05) is 32.1 Å². The second-order valence-electron chi connectivity index (χ2n) is 6.79. The first-order chi connectivity index (χ1) is 12.2. The molecule has 1 aliphatic carbocycles. The number of anilines is 1. The van der Waals surface area contributed by atoms with Gasteiger partial charge in [0.1, 0.15) is 11.9 Å². The monoisotopic (exact) mass is 410 g/mol. The van der Waals surface area contributed by atoms with Gasteiger partial charge in [-0.05, 0) is 24.5 Å². The Bertz CT molecular complexity index is 622. The molecule has 0 bridgehead atoms. The number of amides is 1. The van der Waals surface area contributed by atoms with Gasteiger partial charge < -0.3 is 20.9 Å². The number of carbonyl (C=O) groups is 1. The third-order valence-corrected chi connectivity index (χ3v) is 4.74. The minimum atomic E-state index is -4.58. The average molecular weight is 411 g/mol. The van der Waals surface area contributed by atoms with Crippen LogP contribution in [-0.4, -0.2) is 30.3 Å². The molecule has 5 nitrogen and oxygen atoms in total. The van der Waals surface area contributed by atoms with Gasteiger partial charge in [-0.15, -0.1) is 12.4 Å². The molecule has 1 fully saturated rings. The van der Waals surface area contributed by atoms with Crippen LogP contribution in [0.1, 0.15) is 44.1 Å². The quantitative estimate of drug-likeness (QED) is 0.667. The molecule has 2 rings (SSSR count). The lowest BCUT2D eigenvalue weighted by Gasteiger charge is -2.26. The fourth-order valence-corrected chi connectivity index (χ4v) is 3.30. The minimum absolute atomic E-state index is 0. The zero-order chi connectivity index (χ0) is 19.3. The standard InChI is InChI=1S/C18H25F3N2O3.ClH/c1-26-14-9-12(18(19,20)21)8-13(10-14)23-17(25)16(24)15(22)7-11-5-3-2-4-6-11;/h8-11,15-16,24H,2-7,22H2,1H3,(H,23,25);1H/t15-,16?;/m1./s1. The Morgan fingerprint density at radius 3 is 2.48 bits per heavy atom. The number of nitrogens with two attached hydrogens (primary N) is 1. The van der Waals surface area contributed by atoms with Crippen LogP contribution in [0.25, 0.3) is 0 Å². The second kappa shape index (κ2) is 10.1. The average Bonchev–Trinajstić information content (AvgIpc) is 2.60. The molecule has 1 aliphatic rings. The normalized spacial score (nSPS) is 17.6. The van der Waals surface area contributed by atoms with Crippen molar-refractivity contribution in [2.75, 3.05) is 12.4 Å². The van der Waals surface area contributed by atoms with Crippen molar-refractivity contribution in [2.45, 2.75) is 56.8 Å². The predicted molar refractivity (Wildman–Crippen MR) is 99.0 cm³/mol. The number of rotatable bonds is 6. The molecule has 2 atom stereocenters. The van der Waals surface area contributed by atoms with Crippen molar-refractivity contribution in [1.29, 1.82) is 0 Å². The minimum Gasteiger partial charge on any atom is -0.497 e. The largest absolute Gasteiger partial charge is 0.497 e. The number of methoxy groups -OCH3 is 1. The van der Waals surface area contributed by atoms with E-state index in [0.29, 0.717) is 12.3 Å². The lowest BCUT2D eigenvalue weighted by Crippen LogP contribution is -2.44. The highest BCUT2D eigenvalue weighted by molar-refractivity contribution is 5.94. The Balaban J connectivity index is 0.00000364. The summed E-state index contributed by atoms with van der Waals surface area (Å²) in [7, 11) is 1.23. The highest BCUT2D eigenvalue weighted by atomic mass is 35.5. The Hall–Kier alpha value is -1.51. The maximum absolute atomic E-state index is 12.9. The molecule has 0 spiro atoms. The van der Waals surface area contributed by atoms with E-state index in [1.54, 1.807) is 0 Å². The molecule has 154 valence electrons. The van der Waals surface area contributed by atoms with Crippen LogP contribution in [0.2, 0.25) is 0 Å². The number of alkyl halides is 3. The second-order valence-corrected chi connectivity index (χ2v) is 6.79. The third-order valence-electron chi connectivity index (χ3n) is 4.74.